The van der Waals surface area contributed by atoms with Gasteiger partial charge in [0.15, 0.2) is 0 Å². The second-order valence-corrected chi connectivity index (χ2v) is 3.92. The van der Waals surface area contributed by atoms with Gasteiger partial charge in [0.05, 0.1) is 12.1 Å². The van der Waals surface area contributed by atoms with E-state index in [9.17, 15) is 13.6 Å². The van der Waals surface area contributed by atoms with E-state index >= 15 is 0 Å². The van der Waals surface area contributed by atoms with Gasteiger partial charge in [0.2, 0.25) is 0 Å². The number of benzene rings is 1. The molecule has 4 nitrogen and oxygen atoms in total. The van der Waals surface area contributed by atoms with E-state index < -0.39 is 18.9 Å². The summed E-state index contributed by atoms with van der Waals surface area (Å²) in [4.78, 5) is 15.9. The lowest BCUT2D eigenvalue weighted by atomic mass is 10.1. The van der Waals surface area contributed by atoms with E-state index in [1.54, 1.807) is 25.2 Å². The highest BCUT2D eigenvalue weighted by atomic mass is 19.3. The fourth-order valence-corrected chi connectivity index (χ4v) is 1.76. The van der Waals surface area contributed by atoms with E-state index in [1.165, 1.54) is 0 Å². The maximum atomic E-state index is 12.1. The van der Waals surface area contributed by atoms with Crippen LogP contribution in [0.5, 0.6) is 0 Å². The van der Waals surface area contributed by atoms with E-state index in [4.69, 9.17) is 0 Å². The average molecular weight is 265 g/mol. The quantitative estimate of drug-likeness (QED) is 0.891. The third-order valence-corrected chi connectivity index (χ3v) is 2.64. The molecule has 0 radical (unpaired) electrons. The first kappa shape index (κ1) is 13.2. The number of fused-ring (bicyclic) bond motifs is 1. The normalized spacial score (nSPS) is 10.7. The van der Waals surface area contributed by atoms with Gasteiger partial charge in [0.25, 0.3) is 12.3 Å². The van der Waals surface area contributed by atoms with Crippen LogP contribution in [0.25, 0.3) is 10.9 Å². The fraction of sp³-hybridized carbons (Fsp3) is 0.231. The highest BCUT2D eigenvalue weighted by molar-refractivity contribution is 5.99. The summed E-state index contributed by atoms with van der Waals surface area (Å²) in [6.07, 6.45) is -2.58. The van der Waals surface area contributed by atoms with Crippen LogP contribution >= 0.6 is 0 Å². The number of nitrogens with zero attached hydrogens (tertiary/aromatic N) is 1. The van der Waals surface area contributed by atoms with Crippen LogP contribution in [0.4, 0.5) is 14.5 Å². The van der Waals surface area contributed by atoms with Crippen LogP contribution < -0.4 is 10.6 Å². The molecule has 0 saturated carbocycles. The van der Waals surface area contributed by atoms with Gasteiger partial charge in [-0.1, -0.05) is 18.2 Å². The minimum Gasteiger partial charge on any atom is -0.388 e. The molecule has 2 N–H and O–H groups in total. The molecule has 0 atom stereocenters. The predicted octanol–water partition coefficient (Wildman–Crippen LogP) is 2.27. The molecule has 0 fully saturated rings. The van der Waals surface area contributed by atoms with Crippen molar-refractivity contribution < 1.29 is 13.6 Å². The molecule has 0 aliphatic heterocycles. The SMILES string of the molecule is CNc1cc(C(=O)NCC(F)F)nc2ccccc12. The molecule has 1 amide bonds. The number of alkyl halides is 2. The molecule has 19 heavy (non-hydrogen) atoms. The summed E-state index contributed by atoms with van der Waals surface area (Å²) in [7, 11) is 1.72. The van der Waals surface area contributed by atoms with Gasteiger partial charge in [0.1, 0.15) is 5.69 Å². The fourth-order valence-electron chi connectivity index (χ4n) is 1.76. The van der Waals surface area contributed by atoms with Crippen molar-refractivity contribution in [2.75, 3.05) is 18.9 Å². The zero-order valence-corrected chi connectivity index (χ0v) is 10.3. The topological polar surface area (TPSA) is 54.0 Å². The molecule has 0 bridgehead atoms. The molecule has 0 aliphatic rings. The number of anilines is 1. The molecule has 2 rings (SSSR count). The van der Waals surface area contributed by atoms with Gasteiger partial charge in [-0.2, -0.15) is 0 Å². The van der Waals surface area contributed by atoms with Crippen LogP contribution in [0.3, 0.4) is 0 Å². The molecule has 1 aromatic heterocycles. The van der Waals surface area contributed by atoms with Gasteiger partial charge >= 0.3 is 0 Å². The van der Waals surface area contributed by atoms with Gasteiger partial charge in [-0.15, -0.1) is 0 Å². The first-order valence-electron chi connectivity index (χ1n) is 5.75. The number of nitrogens with one attached hydrogen (secondary N) is 2. The molecule has 1 aromatic carbocycles. The standard InChI is InChI=1S/C13H13F2N3O/c1-16-10-6-11(13(19)17-7-12(14)15)18-9-5-3-2-4-8(9)10/h2-6,12H,7H2,1H3,(H,16,18)(H,17,19). The van der Waals surface area contributed by atoms with Crippen molar-refractivity contribution in [3.05, 3.63) is 36.0 Å². The summed E-state index contributed by atoms with van der Waals surface area (Å²) >= 11 is 0. The maximum Gasteiger partial charge on any atom is 0.270 e. The summed E-state index contributed by atoms with van der Waals surface area (Å²) in [5.74, 6) is -0.609. The Labute approximate surface area is 108 Å². The number of aromatic nitrogens is 1. The molecule has 0 spiro atoms. The van der Waals surface area contributed by atoms with Gasteiger partial charge in [0, 0.05) is 18.1 Å². The van der Waals surface area contributed by atoms with Crippen LogP contribution in [-0.2, 0) is 0 Å². The summed E-state index contributed by atoms with van der Waals surface area (Å²) in [6, 6.07) is 8.84. The first-order chi connectivity index (χ1) is 9.11. The molecule has 2 aromatic rings. The van der Waals surface area contributed by atoms with Gasteiger partial charge in [-0.05, 0) is 12.1 Å². The predicted molar refractivity (Wildman–Crippen MR) is 69.6 cm³/mol. The molecular formula is C13H13F2N3O. The van der Waals surface area contributed by atoms with Crippen molar-refractivity contribution in [2.45, 2.75) is 6.43 Å². The zero-order valence-electron chi connectivity index (χ0n) is 10.3. The minimum atomic E-state index is -2.58. The Morgan fingerprint density at radius 3 is 2.79 bits per heavy atom. The lowest BCUT2D eigenvalue weighted by Crippen LogP contribution is -2.29. The Kier molecular flexibility index (Phi) is 3.89. The van der Waals surface area contributed by atoms with Crippen LogP contribution in [0, 0.1) is 0 Å². The van der Waals surface area contributed by atoms with Crippen molar-refractivity contribution in [1.29, 1.82) is 0 Å². The first-order valence-corrected chi connectivity index (χ1v) is 5.75. The number of hydrogen-bond acceptors (Lipinski definition) is 3. The van der Waals surface area contributed by atoms with Crippen LogP contribution in [-0.4, -0.2) is 30.9 Å². The number of carbonyl (C=O) groups excluding carboxylic acids is 1. The number of halogens is 2. The van der Waals surface area contributed by atoms with E-state index in [1.807, 2.05) is 12.1 Å². The molecule has 100 valence electrons. The van der Waals surface area contributed by atoms with Crippen molar-refractivity contribution in [3.8, 4) is 0 Å². The largest absolute Gasteiger partial charge is 0.388 e. The summed E-state index contributed by atoms with van der Waals surface area (Å²) in [5.41, 5.74) is 1.48. The number of para-hydroxylation sites is 1. The Hall–Kier alpha value is -2.24. The van der Waals surface area contributed by atoms with E-state index in [2.05, 4.69) is 15.6 Å². The van der Waals surface area contributed by atoms with Crippen LogP contribution in [0.2, 0.25) is 0 Å². The van der Waals surface area contributed by atoms with Crippen LogP contribution in [0.15, 0.2) is 30.3 Å². The third-order valence-electron chi connectivity index (χ3n) is 2.64. The van der Waals surface area contributed by atoms with E-state index in [-0.39, 0.29) is 5.69 Å². The maximum absolute atomic E-state index is 12.1. The molecule has 0 unspecified atom stereocenters. The van der Waals surface area contributed by atoms with Crippen molar-refractivity contribution in [3.63, 3.8) is 0 Å². The summed E-state index contributed by atoms with van der Waals surface area (Å²) in [5, 5.41) is 5.97. The number of amides is 1. The second-order valence-electron chi connectivity index (χ2n) is 3.92. The summed E-state index contributed by atoms with van der Waals surface area (Å²) in [6.45, 7) is -0.678. The van der Waals surface area contributed by atoms with Crippen LogP contribution in [0.1, 0.15) is 10.5 Å². The molecule has 0 aliphatic carbocycles. The number of hydrogen-bond donors (Lipinski definition) is 2. The minimum absolute atomic E-state index is 0.115. The Morgan fingerprint density at radius 2 is 2.11 bits per heavy atom. The van der Waals surface area contributed by atoms with Gasteiger partial charge in [-0.25, -0.2) is 13.8 Å². The van der Waals surface area contributed by atoms with E-state index in [0.717, 1.165) is 11.1 Å². The van der Waals surface area contributed by atoms with Crippen molar-refractivity contribution in [2.24, 2.45) is 0 Å². The molecular weight excluding hydrogens is 252 g/mol. The Morgan fingerprint density at radius 1 is 1.37 bits per heavy atom. The average Bonchev–Trinajstić information content (AvgIpc) is 2.43. The smallest absolute Gasteiger partial charge is 0.270 e. The number of pyridine rings is 1. The molecule has 0 saturated heterocycles. The highest BCUT2D eigenvalue weighted by Gasteiger charge is 2.12. The van der Waals surface area contributed by atoms with E-state index in [0.29, 0.717) is 5.52 Å². The zero-order chi connectivity index (χ0) is 13.8. The number of rotatable bonds is 4. The number of carbonyl (C=O) groups is 1. The van der Waals surface area contributed by atoms with Crippen molar-refractivity contribution >= 4 is 22.5 Å². The lowest BCUT2D eigenvalue weighted by molar-refractivity contribution is 0.0887. The lowest BCUT2D eigenvalue weighted by Gasteiger charge is -2.09. The Bertz CT molecular complexity index is 601. The summed E-state index contributed by atoms with van der Waals surface area (Å²) < 4.78 is 24.1. The highest BCUT2D eigenvalue weighted by Crippen LogP contribution is 2.22. The molecule has 1 heterocycles. The van der Waals surface area contributed by atoms with Gasteiger partial charge < -0.3 is 10.6 Å². The third kappa shape index (κ3) is 2.96. The second kappa shape index (κ2) is 5.60. The Balaban J connectivity index is 2.36. The monoisotopic (exact) mass is 265 g/mol. The van der Waals surface area contributed by atoms with Gasteiger partial charge in [-0.3, -0.25) is 4.79 Å². The van der Waals surface area contributed by atoms with Crippen molar-refractivity contribution in [1.82, 2.24) is 10.3 Å². The molecule has 6 heteroatoms.